The topological polar surface area (TPSA) is 61.2 Å². The summed E-state index contributed by atoms with van der Waals surface area (Å²) in [6.45, 7) is 2.88. The Morgan fingerprint density at radius 2 is 2.25 bits per heavy atom. The van der Waals surface area contributed by atoms with Crippen LogP contribution < -0.4 is 5.56 Å². The molecule has 0 saturated carbocycles. The van der Waals surface area contributed by atoms with Crippen molar-refractivity contribution in [2.24, 2.45) is 0 Å². The molecule has 0 aromatic carbocycles. The van der Waals surface area contributed by atoms with E-state index >= 15 is 0 Å². The van der Waals surface area contributed by atoms with Crippen molar-refractivity contribution >= 4 is 27.5 Å². The van der Waals surface area contributed by atoms with E-state index in [9.17, 15) is 9.59 Å². The molecule has 0 aliphatic carbocycles. The summed E-state index contributed by atoms with van der Waals surface area (Å²) in [4.78, 5) is 27.5. The predicted molar refractivity (Wildman–Crippen MR) is 79.0 cm³/mol. The Balaban J connectivity index is 1.80. The van der Waals surface area contributed by atoms with Gasteiger partial charge in [0.2, 0.25) is 0 Å². The number of thiophene rings is 1. The molecule has 5 nitrogen and oxygen atoms in total. The molecule has 108 valence electrons. The van der Waals surface area contributed by atoms with E-state index < -0.39 is 0 Å². The number of aromatic nitrogens is 2. The average Bonchev–Trinajstić information content (AvgIpc) is 2.90. The lowest BCUT2D eigenvalue weighted by Gasteiger charge is -2.05. The molecule has 0 aliphatic rings. The maximum Gasteiger partial charge on any atom is 0.305 e. The zero-order chi connectivity index (χ0) is 14.4. The Labute approximate surface area is 121 Å². The maximum absolute atomic E-state index is 12.1. The number of nitrogens with zero attached hydrogens (tertiary/aromatic N) is 2. The Hall–Kier alpha value is -1.69. The number of carbonyl (C=O) groups is 1. The summed E-state index contributed by atoms with van der Waals surface area (Å²) in [6.07, 6.45) is 4.60. The summed E-state index contributed by atoms with van der Waals surface area (Å²) in [7, 11) is 0. The SMILES string of the molecule is CCOC(=O)CCCCCn1cnc2ccsc2c1=O. The molecule has 6 heteroatoms. The van der Waals surface area contributed by atoms with Crippen molar-refractivity contribution in [1.29, 1.82) is 0 Å². The van der Waals surface area contributed by atoms with E-state index in [0.29, 0.717) is 24.3 Å². The second-order valence-corrected chi connectivity index (χ2v) is 5.41. The van der Waals surface area contributed by atoms with E-state index in [4.69, 9.17) is 4.74 Å². The highest BCUT2D eigenvalue weighted by atomic mass is 32.1. The molecule has 0 N–H and O–H groups in total. The Morgan fingerprint density at radius 1 is 1.40 bits per heavy atom. The molecule has 0 amide bonds. The van der Waals surface area contributed by atoms with Gasteiger partial charge in [0.15, 0.2) is 0 Å². The zero-order valence-electron chi connectivity index (χ0n) is 11.5. The number of carbonyl (C=O) groups excluding carboxylic acids is 1. The molecule has 2 heterocycles. The molecule has 0 radical (unpaired) electrons. The average molecular weight is 294 g/mol. The van der Waals surface area contributed by atoms with Gasteiger partial charge < -0.3 is 4.74 Å². The van der Waals surface area contributed by atoms with Gasteiger partial charge in [-0.05, 0) is 31.2 Å². The monoisotopic (exact) mass is 294 g/mol. The third-order valence-electron chi connectivity index (χ3n) is 3.02. The van der Waals surface area contributed by atoms with E-state index in [1.165, 1.54) is 11.3 Å². The predicted octanol–water partition coefficient (Wildman–Crippen LogP) is 2.58. The second kappa shape index (κ2) is 7.19. The van der Waals surface area contributed by atoms with Crippen LogP contribution in [0.2, 0.25) is 0 Å². The van der Waals surface area contributed by atoms with Crippen LogP contribution in [0, 0.1) is 0 Å². The van der Waals surface area contributed by atoms with Crippen LogP contribution in [-0.4, -0.2) is 22.1 Å². The number of unbranched alkanes of at least 4 members (excludes halogenated alkanes) is 2. The van der Waals surface area contributed by atoms with Crippen LogP contribution in [0.4, 0.5) is 0 Å². The Bertz CT molecular complexity index is 633. The quantitative estimate of drug-likeness (QED) is 0.581. The highest BCUT2D eigenvalue weighted by molar-refractivity contribution is 7.17. The van der Waals surface area contributed by atoms with E-state index in [-0.39, 0.29) is 11.5 Å². The first-order valence-corrected chi connectivity index (χ1v) is 7.68. The summed E-state index contributed by atoms with van der Waals surface area (Å²) >= 11 is 1.42. The fourth-order valence-electron chi connectivity index (χ4n) is 2.00. The van der Waals surface area contributed by atoms with Crippen LogP contribution in [-0.2, 0) is 16.1 Å². The Morgan fingerprint density at radius 3 is 3.05 bits per heavy atom. The van der Waals surface area contributed by atoms with Gasteiger partial charge in [0.1, 0.15) is 4.70 Å². The van der Waals surface area contributed by atoms with Crippen LogP contribution in [0.5, 0.6) is 0 Å². The number of hydrogen-bond donors (Lipinski definition) is 0. The molecule has 0 bridgehead atoms. The molecule has 2 aromatic heterocycles. The number of aryl methyl sites for hydroxylation is 1. The van der Waals surface area contributed by atoms with Gasteiger partial charge in [-0.1, -0.05) is 6.42 Å². The lowest BCUT2D eigenvalue weighted by atomic mass is 10.2. The van der Waals surface area contributed by atoms with E-state index in [0.717, 1.165) is 24.8 Å². The third kappa shape index (κ3) is 3.66. The van der Waals surface area contributed by atoms with Crippen molar-refractivity contribution in [1.82, 2.24) is 9.55 Å². The summed E-state index contributed by atoms with van der Waals surface area (Å²) in [5.41, 5.74) is 0.786. The smallest absolute Gasteiger partial charge is 0.305 e. The second-order valence-electron chi connectivity index (χ2n) is 4.49. The van der Waals surface area contributed by atoms with Crippen molar-refractivity contribution in [3.05, 3.63) is 28.1 Å². The zero-order valence-corrected chi connectivity index (χ0v) is 12.3. The number of esters is 1. The van der Waals surface area contributed by atoms with Crippen LogP contribution in [0.3, 0.4) is 0 Å². The van der Waals surface area contributed by atoms with Crippen LogP contribution >= 0.6 is 11.3 Å². The van der Waals surface area contributed by atoms with Crippen molar-refractivity contribution in [3.8, 4) is 0 Å². The summed E-state index contributed by atoms with van der Waals surface area (Å²) in [6, 6.07) is 1.85. The number of rotatable bonds is 7. The van der Waals surface area contributed by atoms with Gasteiger partial charge in [-0.15, -0.1) is 11.3 Å². The molecule has 0 saturated heterocycles. The lowest BCUT2D eigenvalue weighted by molar-refractivity contribution is -0.143. The fraction of sp³-hybridized carbons (Fsp3) is 0.500. The first-order chi connectivity index (χ1) is 9.72. The lowest BCUT2D eigenvalue weighted by Crippen LogP contribution is -2.19. The van der Waals surface area contributed by atoms with Gasteiger partial charge in [-0.2, -0.15) is 0 Å². The normalized spacial score (nSPS) is 10.8. The minimum absolute atomic E-state index is 0.0235. The molecule has 0 aliphatic heterocycles. The van der Waals surface area contributed by atoms with Gasteiger partial charge in [0.25, 0.3) is 5.56 Å². The van der Waals surface area contributed by atoms with Crippen LogP contribution in [0.25, 0.3) is 10.2 Å². The van der Waals surface area contributed by atoms with E-state index in [1.54, 1.807) is 17.8 Å². The van der Waals surface area contributed by atoms with Crippen LogP contribution in [0.15, 0.2) is 22.6 Å². The molecular formula is C14H18N2O3S. The molecule has 0 atom stereocenters. The molecular weight excluding hydrogens is 276 g/mol. The molecule has 0 fully saturated rings. The largest absolute Gasteiger partial charge is 0.466 e. The minimum Gasteiger partial charge on any atom is -0.466 e. The van der Waals surface area contributed by atoms with Crippen molar-refractivity contribution in [2.75, 3.05) is 6.61 Å². The standard InChI is InChI=1S/C14H18N2O3S/c1-2-19-12(17)6-4-3-5-8-16-10-15-11-7-9-20-13(11)14(16)18/h7,9-10H,2-6,8H2,1H3. The van der Waals surface area contributed by atoms with Gasteiger partial charge in [-0.25, -0.2) is 4.98 Å². The van der Waals surface area contributed by atoms with Gasteiger partial charge in [-0.3, -0.25) is 14.2 Å². The third-order valence-corrected chi connectivity index (χ3v) is 3.91. The first-order valence-electron chi connectivity index (χ1n) is 6.80. The van der Waals surface area contributed by atoms with Crippen molar-refractivity contribution in [3.63, 3.8) is 0 Å². The molecule has 2 aromatic rings. The highest BCUT2D eigenvalue weighted by Crippen LogP contribution is 2.13. The molecule has 20 heavy (non-hydrogen) atoms. The van der Waals surface area contributed by atoms with Gasteiger partial charge in [0.05, 0.1) is 18.5 Å². The maximum atomic E-state index is 12.1. The molecule has 0 unspecified atom stereocenters. The van der Waals surface area contributed by atoms with Gasteiger partial charge in [0, 0.05) is 13.0 Å². The minimum atomic E-state index is -0.147. The van der Waals surface area contributed by atoms with E-state index in [1.807, 2.05) is 11.4 Å². The van der Waals surface area contributed by atoms with Crippen LogP contribution in [0.1, 0.15) is 32.6 Å². The number of fused-ring (bicyclic) bond motifs is 1. The molecule has 2 rings (SSSR count). The summed E-state index contributed by atoms with van der Waals surface area (Å²) < 4.78 is 7.21. The fourth-order valence-corrected chi connectivity index (χ4v) is 2.79. The summed E-state index contributed by atoms with van der Waals surface area (Å²) in [5, 5.41) is 1.88. The Kier molecular flexibility index (Phi) is 5.29. The van der Waals surface area contributed by atoms with Crippen molar-refractivity contribution < 1.29 is 9.53 Å². The van der Waals surface area contributed by atoms with Crippen molar-refractivity contribution in [2.45, 2.75) is 39.2 Å². The summed E-state index contributed by atoms with van der Waals surface area (Å²) in [5.74, 6) is -0.147. The first kappa shape index (κ1) is 14.7. The highest BCUT2D eigenvalue weighted by Gasteiger charge is 2.05. The van der Waals surface area contributed by atoms with Gasteiger partial charge >= 0.3 is 5.97 Å². The van der Waals surface area contributed by atoms with E-state index in [2.05, 4.69) is 4.98 Å². The number of hydrogen-bond acceptors (Lipinski definition) is 5. The molecule has 0 spiro atoms. The number of ether oxygens (including phenoxy) is 1.